The smallest absolute Gasteiger partial charge is 0.307 e. The van der Waals surface area contributed by atoms with Crippen molar-refractivity contribution in [2.75, 3.05) is 10.6 Å². The monoisotopic (exact) mass is 367 g/mol. The van der Waals surface area contributed by atoms with E-state index in [4.69, 9.17) is 5.26 Å². The minimum Gasteiger partial charge on any atom is -0.307 e. The van der Waals surface area contributed by atoms with E-state index in [9.17, 15) is 4.79 Å². The second-order valence-electron chi connectivity index (χ2n) is 7.31. The number of anilines is 2. The zero-order chi connectivity index (χ0) is 19.8. The molecule has 2 aromatic rings. The van der Waals surface area contributed by atoms with Crippen LogP contribution in [0.4, 0.5) is 16.2 Å². The number of unbranched alkanes of at least 4 members (excludes halogenated alkanes) is 2. The zero-order valence-electron chi connectivity index (χ0n) is 16.6. The third kappa shape index (κ3) is 5.85. The van der Waals surface area contributed by atoms with Crippen molar-refractivity contribution in [1.82, 2.24) is 9.78 Å². The van der Waals surface area contributed by atoms with Gasteiger partial charge in [0.25, 0.3) is 0 Å². The number of rotatable bonds is 8. The minimum atomic E-state index is -0.269. The Morgan fingerprint density at radius 1 is 1.15 bits per heavy atom. The number of carbonyl (C=O) groups excluding carboxylic acids is 1. The number of para-hydroxylation sites is 1. The molecule has 27 heavy (non-hydrogen) atoms. The highest BCUT2D eigenvalue weighted by atomic mass is 16.2. The summed E-state index contributed by atoms with van der Waals surface area (Å²) in [6, 6.07) is 8.04. The molecular weight excluding hydrogens is 338 g/mol. The Morgan fingerprint density at radius 3 is 2.41 bits per heavy atom. The topological polar surface area (TPSA) is 82.7 Å². The van der Waals surface area contributed by atoms with Gasteiger partial charge in [0, 0.05) is 24.8 Å². The molecule has 2 N–H and O–H groups in total. The molecule has 1 aromatic heterocycles. The molecule has 0 bridgehead atoms. The van der Waals surface area contributed by atoms with Gasteiger partial charge in [0.05, 0.1) is 18.0 Å². The van der Waals surface area contributed by atoms with Crippen LogP contribution in [0.2, 0.25) is 0 Å². The maximum Gasteiger partial charge on any atom is 0.323 e. The van der Waals surface area contributed by atoms with Crippen LogP contribution in [-0.2, 0) is 6.54 Å². The molecule has 0 aliphatic heterocycles. The molecule has 2 rings (SSSR count). The van der Waals surface area contributed by atoms with E-state index in [1.165, 1.54) is 0 Å². The lowest BCUT2D eigenvalue weighted by molar-refractivity contribution is 0.262. The van der Waals surface area contributed by atoms with Crippen molar-refractivity contribution in [2.45, 2.75) is 65.3 Å². The number of benzene rings is 1. The SMILES string of the molecule is CC(C)c1cccc(C(C)C)c1NC(=O)Nc1cnn(CCCCC#N)c1. The van der Waals surface area contributed by atoms with Gasteiger partial charge in [0.15, 0.2) is 0 Å². The number of aromatic nitrogens is 2. The molecule has 6 nitrogen and oxygen atoms in total. The normalized spacial score (nSPS) is 10.9. The predicted molar refractivity (Wildman–Crippen MR) is 109 cm³/mol. The Kier molecular flexibility index (Phi) is 7.42. The van der Waals surface area contributed by atoms with E-state index in [0.717, 1.165) is 36.2 Å². The molecule has 1 aromatic carbocycles. The zero-order valence-corrected chi connectivity index (χ0v) is 16.6. The maximum atomic E-state index is 12.5. The van der Waals surface area contributed by atoms with Crippen LogP contribution in [0.15, 0.2) is 30.6 Å². The van der Waals surface area contributed by atoms with E-state index in [0.29, 0.717) is 23.9 Å². The van der Waals surface area contributed by atoms with Gasteiger partial charge in [-0.3, -0.25) is 4.68 Å². The van der Waals surface area contributed by atoms with E-state index in [-0.39, 0.29) is 6.03 Å². The van der Waals surface area contributed by atoms with E-state index >= 15 is 0 Å². The maximum absolute atomic E-state index is 12.5. The fraction of sp³-hybridized carbons (Fsp3) is 0.476. The quantitative estimate of drug-likeness (QED) is 0.607. The average Bonchev–Trinajstić information content (AvgIpc) is 3.05. The molecule has 6 heteroatoms. The highest BCUT2D eigenvalue weighted by molar-refractivity contribution is 6.00. The Hall–Kier alpha value is -2.81. The second kappa shape index (κ2) is 9.77. The summed E-state index contributed by atoms with van der Waals surface area (Å²) in [5, 5.41) is 18.7. The van der Waals surface area contributed by atoms with Crippen LogP contribution in [0.5, 0.6) is 0 Å². The summed E-state index contributed by atoms with van der Waals surface area (Å²) in [6.45, 7) is 9.23. The van der Waals surface area contributed by atoms with Crippen LogP contribution in [0.25, 0.3) is 0 Å². The van der Waals surface area contributed by atoms with Crippen molar-refractivity contribution >= 4 is 17.4 Å². The molecule has 0 aliphatic rings. The first-order valence-corrected chi connectivity index (χ1v) is 9.52. The van der Waals surface area contributed by atoms with Gasteiger partial charge in [0.1, 0.15) is 0 Å². The summed E-state index contributed by atoms with van der Waals surface area (Å²) in [6.07, 6.45) is 5.75. The summed E-state index contributed by atoms with van der Waals surface area (Å²) < 4.78 is 1.79. The van der Waals surface area contributed by atoms with Gasteiger partial charge < -0.3 is 10.6 Å². The molecule has 0 atom stereocenters. The number of nitrogens with zero attached hydrogens (tertiary/aromatic N) is 3. The van der Waals surface area contributed by atoms with Crippen molar-refractivity contribution < 1.29 is 4.79 Å². The minimum absolute atomic E-state index is 0.269. The molecule has 0 aliphatic carbocycles. The van der Waals surface area contributed by atoms with Crippen LogP contribution in [0.1, 0.15) is 69.9 Å². The first-order chi connectivity index (χ1) is 12.9. The molecule has 0 unspecified atom stereocenters. The Morgan fingerprint density at radius 2 is 1.81 bits per heavy atom. The predicted octanol–water partition coefficient (Wildman–Crippen LogP) is 5.47. The lowest BCUT2D eigenvalue weighted by Gasteiger charge is -2.20. The van der Waals surface area contributed by atoms with Gasteiger partial charge in [-0.25, -0.2) is 4.79 Å². The number of aryl methyl sites for hydroxylation is 1. The summed E-state index contributed by atoms with van der Waals surface area (Å²) in [5.74, 6) is 0.630. The molecule has 0 radical (unpaired) electrons. The number of nitriles is 1. The summed E-state index contributed by atoms with van der Waals surface area (Å²) in [5.41, 5.74) is 3.80. The lowest BCUT2D eigenvalue weighted by Crippen LogP contribution is -2.21. The third-order valence-corrected chi connectivity index (χ3v) is 4.43. The van der Waals surface area contributed by atoms with Crippen molar-refractivity contribution in [1.29, 1.82) is 5.26 Å². The van der Waals surface area contributed by atoms with Crippen molar-refractivity contribution in [3.63, 3.8) is 0 Å². The van der Waals surface area contributed by atoms with Gasteiger partial charge in [-0.05, 0) is 35.8 Å². The van der Waals surface area contributed by atoms with E-state index in [2.05, 4.69) is 61.6 Å². The van der Waals surface area contributed by atoms with Crippen molar-refractivity contribution in [3.05, 3.63) is 41.7 Å². The molecule has 0 fully saturated rings. The first kappa shape index (κ1) is 20.5. The second-order valence-corrected chi connectivity index (χ2v) is 7.31. The molecule has 2 amide bonds. The largest absolute Gasteiger partial charge is 0.323 e. The average molecular weight is 367 g/mol. The Bertz CT molecular complexity index is 775. The summed E-state index contributed by atoms with van der Waals surface area (Å²) >= 11 is 0. The van der Waals surface area contributed by atoms with Crippen molar-refractivity contribution in [3.8, 4) is 6.07 Å². The number of hydrogen-bond donors (Lipinski definition) is 2. The highest BCUT2D eigenvalue weighted by Gasteiger charge is 2.16. The number of carbonyl (C=O) groups is 1. The standard InChI is InChI=1S/C21H29N5O/c1-15(2)18-9-8-10-19(16(3)4)20(18)25-21(27)24-17-13-23-26(14-17)12-7-5-6-11-22/h8-10,13-16H,5-7,12H2,1-4H3,(H2,24,25,27). The van der Waals surface area contributed by atoms with Gasteiger partial charge in [0.2, 0.25) is 0 Å². The number of hydrogen-bond acceptors (Lipinski definition) is 3. The van der Waals surface area contributed by atoms with E-state index in [1.54, 1.807) is 10.9 Å². The Balaban J connectivity index is 2.04. The fourth-order valence-electron chi connectivity index (χ4n) is 3.00. The lowest BCUT2D eigenvalue weighted by atomic mass is 9.93. The number of nitrogens with one attached hydrogen (secondary N) is 2. The van der Waals surface area contributed by atoms with Crippen LogP contribution in [0, 0.1) is 11.3 Å². The van der Waals surface area contributed by atoms with Crippen LogP contribution in [0.3, 0.4) is 0 Å². The van der Waals surface area contributed by atoms with E-state index in [1.807, 2.05) is 12.3 Å². The first-order valence-electron chi connectivity index (χ1n) is 9.52. The van der Waals surface area contributed by atoms with Gasteiger partial charge in [-0.1, -0.05) is 45.9 Å². The molecular formula is C21H29N5O. The summed E-state index contributed by atoms with van der Waals surface area (Å²) in [4.78, 5) is 12.5. The molecule has 0 saturated heterocycles. The van der Waals surface area contributed by atoms with Crippen LogP contribution >= 0.6 is 0 Å². The fourth-order valence-corrected chi connectivity index (χ4v) is 3.00. The molecule has 0 spiro atoms. The molecule has 0 saturated carbocycles. The van der Waals surface area contributed by atoms with E-state index < -0.39 is 0 Å². The van der Waals surface area contributed by atoms with Gasteiger partial charge in [-0.15, -0.1) is 0 Å². The molecule has 1 heterocycles. The van der Waals surface area contributed by atoms with Gasteiger partial charge >= 0.3 is 6.03 Å². The van der Waals surface area contributed by atoms with Crippen LogP contribution in [-0.4, -0.2) is 15.8 Å². The summed E-state index contributed by atoms with van der Waals surface area (Å²) in [7, 11) is 0. The van der Waals surface area contributed by atoms with Crippen molar-refractivity contribution in [2.24, 2.45) is 0 Å². The molecule has 144 valence electrons. The third-order valence-electron chi connectivity index (χ3n) is 4.43. The number of amides is 2. The van der Waals surface area contributed by atoms with Gasteiger partial charge in [-0.2, -0.15) is 10.4 Å². The number of urea groups is 1. The Labute approximate surface area is 161 Å². The van der Waals surface area contributed by atoms with Crippen LogP contribution < -0.4 is 10.6 Å². The highest BCUT2D eigenvalue weighted by Crippen LogP contribution is 2.32.